The summed E-state index contributed by atoms with van der Waals surface area (Å²) in [7, 11) is -1.48. The van der Waals surface area contributed by atoms with Crippen LogP contribution in [0.2, 0.25) is 0 Å². The maximum atomic E-state index is 9.59. The molecule has 0 saturated carbocycles. The second-order valence-corrected chi connectivity index (χ2v) is 6.92. The molecule has 4 aromatic carbocycles. The zero-order valence-electron chi connectivity index (χ0n) is 15.2. The molecule has 2 N–H and O–H groups in total. The molecular weight excluding hydrogens is 345 g/mol. The molecule has 0 aliphatic rings. The smallest absolute Gasteiger partial charge is 0.423 e. The summed E-state index contributed by atoms with van der Waals surface area (Å²) in [6.45, 7) is 0. The van der Waals surface area contributed by atoms with E-state index < -0.39 is 7.12 Å². The van der Waals surface area contributed by atoms with Crippen LogP contribution in [0.15, 0.2) is 97.1 Å². The SMILES string of the molecule is OB(O)c1ccc2c(c1)c1ccccc1n2-c1cccc(-c2ccccc2)c1. The second-order valence-electron chi connectivity index (χ2n) is 6.92. The first-order valence-corrected chi connectivity index (χ1v) is 9.27. The van der Waals surface area contributed by atoms with E-state index in [4.69, 9.17) is 0 Å². The molecular formula is C24H18BNO2. The molecule has 0 aliphatic heterocycles. The number of benzene rings is 4. The van der Waals surface area contributed by atoms with E-state index in [1.165, 1.54) is 5.56 Å². The zero-order valence-corrected chi connectivity index (χ0v) is 15.2. The van der Waals surface area contributed by atoms with E-state index in [2.05, 4.69) is 53.1 Å². The third-order valence-electron chi connectivity index (χ3n) is 5.21. The Bertz CT molecular complexity index is 1290. The summed E-state index contributed by atoms with van der Waals surface area (Å²) in [5, 5.41) is 21.3. The number of nitrogens with zero attached hydrogens (tertiary/aromatic N) is 1. The quantitative estimate of drug-likeness (QED) is 0.474. The topological polar surface area (TPSA) is 45.4 Å². The minimum absolute atomic E-state index is 0.494. The van der Waals surface area contributed by atoms with Crippen molar-refractivity contribution < 1.29 is 10.0 Å². The summed E-state index contributed by atoms with van der Waals surface area (Å²) in [5.74, 6) is 0. The highest BCUT2D eigenvalue weighted by Crippen LogP contribution is 2.32. The molecule has 5 rings (SSSR count). The van der Waals surface area contributed by atoms with Crippen LogP contribution in [0.5, 0.6) is 0 Å². The summed E-state index contributed by atoms with van der Waals surface area (Å²) in [6.07, 6.45) is 0. The number of fused-ring (bicyclic) bond motifs is 3. The van der Waals surface area contributed by atoms with Crippen LogP contribution < -0.4 is 5.46 Å². The molecule has 0 radical (unpaired) electrons. The van der Waals surface area contributed by atoms with Crippen LogP contribution in [-0.4, -0.2) is 21.7 Å². The average molecular weight is 363 g/mol. The van der Waals surface area contributed by atoms with E-state index in [1.54, 1.807) is 6.07 Å². The molecule has 4 heteroatoms. The van der Waals surface area contributed by atoms with Gasteiger partial charge in [-0.25, -0.2) is 0 Å². The average Bonchev–Trinajstić information content (AvgIpc) is 3.08. The first kappa shape index (κ1) is 16.8. The fourth-order valence-corrected chi connectivity index (χ4v) is 3.88. The molecule has 0 aliphatic carbocycles. The number of para-hydroxylation sites is 1. The summed E-state index contributed by atoms with van der Waals surface area (Å²) < 4.78 is 2.23. The molecule has 0 fully saturated rings. The van der Waals surface area contributed by atoms with Crippen LogP contribution in [0.1, 0.15) is 0 Å². The van der Waals surface area contributed by atoms with Crippen molar-refractivity contribution in [3.8, 4) is 16.8 Å². The Balaban J connectivity index is 1.79. The van der Waals surface area contributed by atoms with Gasteiger partial charge in [0.05, 0.1) is 11.0 Å². The Labute approximate surface area is 163 Å². The molecule has 28 heavy (non-hydrogen) atoms. The van der Waals surface area contributed by atoms with Gasteiger partial charge < -0.3 is 14.6 Å². The Morgan fingerprint density at radius 3 is 2.11 bits per heavy atom. The van der Waals surface area contributed by atoms with Crippen LogP contribution in [0.4, 0.5) is 0 Å². The fourth-order valence-electron chi connectivity index (χ4n) is 3.88. The van der Waals surface area contributed by atoms with Crippen molar-refractivity contribution in [2.45, 2.75) is 0 Å². The highest BCUT2D eigenvalue weighted by molar-refractivity contribution is 6.59. The predicted molar refractivity (Wildman–Crippen MR) is 116 cm³/mol. The van der Waals surface area contributed by atoms with Crippen molar-refractivity contribution in [2.75, 3.05) is 0 Å². The Morgan fingerprint density at radius 2 is 1.29 bits per heavy atom. The molecule has 0 saturated heterocycles. The highest BCUT2D eigenvalue weighted by Gasteiger charge is 2.16. The van der Waals surface area contributed by atoms with Gasteiger partial charge in [0.15, 0.2) is 0 Å². The molecule has 1 aromatic heterocycles. The number of hydrogen-bond acceptors (Lipinski definition) is 2. The lowest BCUT2D eigenvalue weighted by atomic mass is 9.80. The largest absolute Gasteiger partial charge is 0.488 e. The molecule has 134 valence electrons. The highest BCUT2D eigenvalue weighted by atomic mass is 16.4. The lowest BCUT2D eigenvalue weighted by molar-refractivity contribution is 0.426. The van der Waals surface area contributed by atoms with Gasteiger partial charge in [-0.15, -0.1) is 0 Å². The number of hydrogen-bond donors (Lipinski definition) is 2. The Kier molecular flexibility index (Phi) is 4.01. The van der Waals surface area contributed by atoms with Crippen molar-refractivity contribution in [3.05, 3.63) is 97.1 Å². The second kappa shape index (κ2) is 6.68. The van der Waals surface area contributed by atoms with Gasteiger partial charge in [0.25, 0.3) is 0 Å². The van der Waals surface area contributed by atoms with E-state index in [1.807, 2.05) is 42.5 Å². The van der Waals surface area contributed by atoms with Crippen LogP contribution in [0.25, 0.3) is 38.6 Å². The number of rotatable bonds is 3. The van der Waals surface area contributed by atoms with E-state index >= 15 is 0 Å². The minimum Gasteiger partial charge on any atom is -0.423 e. The molecule has 1 heterocycles. The van der Waals surface area contributed by atoms with Crippen LogP contribution >= 0.6 is 0 Å². The van der Waals surface area contributed by atoms with Crippen molar-refractivity contribution in [3.63, 3.8) is 0 Å². The van der Waals surface area contributed by atoms with Crippen molar-refractivity contribution >= 4 is 34.4 Å². The van der Waals surface area contributed by atoms with Gasteiger partial charge in [-0.05, 0) is 40.9 Å². The standard InChI is InChI=1S/C24H18BNO2/c27-25(28)19-13-14-24-22(16-19)21-11-4-5-12-23(21)26(24)20-10-6-9-18(15-20)17-7-2-1-3-8-17/h1-16,27-28H. The minimum atomic E-state index is -1.48. The van der Waals surface area contributed by atoms with Gasteiger partial charge >= 0.3 is 7.12 Å². The molecule has 5 aromatic rings. The first-order chi connectivity index (χ1) is 13.7. The molecule has 0 unspecified atom stereocenters. The molecule has 0 bridgehead atoms. The van der Waals surface area contributed by atoms with E-state index in [9.17, 15) is 10.0 Å². The van der Waals surface area contributed by atoms with Gasteiger partial charge in [-0.3, -0.25) is 0 Å². The van der Waals surface area contributed by atoms with Crippen molar-refractivity contribution in [2.24, 2.45) is 0 Å². The van der Waals surface area contributed by atoms with E-state index in [-0.39, 0.29) is 0 Å². The lowest BCUT2D eigenvalue weighted by Crippen LogP contribution is -2.29. The maximum absolute atomic E-state index is 9.59. The van der Waals surface area contributed by atoms with E-state index in [0.29, 0.717) is 5.46 Å². The van der Waals surface area contributed by atoms with Gasteiger partial charge in [-0.1, -0.05) is 72.8 Å². The Morgan fingerprint density at radius 1 is 0.571 bits per heavy atom. The molecule has 0 atom stereocenters. The lowest BCUT2D eigenvalue weighted by Gasteiger charge is -2.10. The fraction of sp³-hybridized carbons (Fsp3) is 0. The molecule has 0 amide bonds. The normalized spacial score (nSPS) is 11.2. The first-order valence-electron chi connectivity index (χ1n) is 9.27. The third kappa shape index (κ3) is 2.71. The van der Waals surface area contributed by atoms with E-state index in [0.717, 1.165) is 33.1 Å². The third-order valence-corrected chi connectivity index (χ3v) is 5.21. The predicted octanol–water partition coefficient (Wildman–Crippen LogP) is 4.13. The maximum Gasteiger partial charge on any atom is 0.488 e. The van der Waals surface area contributed by atoms with Crippen molar-refractivity contribution in [1.29, 1.82) is 0 Å². The Hall–Kier alpha value is -3.34. The van der Waals surface area contributed by atoms with Gasteiger partial charge in [-0.2, -0.15) is 0 Å². The number of aromatic nitrogens is 1. The zero-order chi connectivity index (χ0) is 19.1. The monoisotopic (exact) mass is 363 g/mol. The van der Waals surface area contributed by atoms with Crippen LogP contribution in [0, 0.1) is 0 Å². The summed E-state index contributed by atoms with van der Waals surface area (Å²) >= 11 is 0. The van der Waals surface area contributed by atoms with Gasteiger partial charge in [0, 0.05) is 16.5 Å². The van der Waals surface area contributed by atoms with Gasteiger partial charge in [0.2, 0.25) is 0 Å². The summed E-state index contributed by atoms with van der Waals surface area (Å²) in [4.78, 5) is 0. The molecule has 3 nitrogen and oxygen atoms in total. The van der Waals surface area contributed by atoms with Crippen LogP contribution in [-0.2, 0) is 0 Å². The van der Waals surface area contributed by atoms with Crippen molar-refractivity contribution in [1.82, 2.24) is 4.57 Å². The summed E-state index contributed by atoms with van der Waals surface area (Å²) in [5.41, 5.74) is 6.03. The van der Waals surface area contributed by atoms with Gasteiger partial charge in [0.1, 0.15) is 0 Å². The summed E-state index contributed by atoms with van der Waals surface area (Å²) in [6, 6.07) is 32.6. The van der Waals surface area contributed by atoms with Crippen LogP contribution in [0.3, 0.4) is 0 Å². The molecule has 0 spiro atoms.